The first kappa shape index (κ1) is 19.4. The van der Waals surface area contributed by atoms with E-state index >= 15 is 0 Å². The lowest BCUT2D eigenvalue weighted by Gasteiger charge is -2.11. The number of aryl methyl sites for hydroxylation is 1. The second-order valence-corrected chi connectivity index (χ2v) is 7.75. The molecule has 2 nitrogen and oxygen atoms in total. The van der Waals surface area contributed by atoms with Crippen LogP contribution in [0.1, 0.15) is 23.6 Å². The zero-order valence-electron chi connectivity index (χ0n) is 16.3. The Bertz CT molecular complexity index is 1140. The van der Waals surface area contributed by atoms with Gasteiger partial charge in [0.2, 0.25) is 0 Å². The summed E-state index contributed by atoms with van der Waals surface area (Å²) in [4.78, 5) is 4.56. The Hall–Kier alpha value is -2.91. The van der Waals surface area contributed by atoms with E-state index < -0.39 is 0 Å². The van der Waals surface area contributed by atoms with E-state index in [9.17, 15) is 0 Å². The van der Waals surface area contributed by atoms with Crippen LogP contribution in [0.5, 0.6) is 5.75 Å². The minimum Gasteiger partial charge on any atom is -0.488 e. The molecular formula is C26H22BrNO. The van der Waals surface area contributed by atoms with Crippen molar-refractivity contribution in [3.8, 4) is 5.75 Å². The number of halogens is 1. The molecule has 0 aliphatic heterocycles. The fourth-order valence-corrected chi connectivity index (χ4v) is 3.77. The molecule has 0 bridgehead atoms. The fourth-order valence-electron chi connectivity index (χ4n) is 3.26. The van der Waals surface area contributed by atoms with Crippen molar-refractivity contribution in [1.82, 2.24) is 0 Å². The number of hydrogen-bond donors (Lipinski definition) is 0. The average molecular weight is 444 g/mol. The number of rotatable bonds is 6. The van der Waals surface area contributed by atoms with E-state index in [-0.39, 0.29) is 0 Å². The Labute approximate surface area is 180 Å². The van der Waals surface area contributed by atoms with Crippen LogP contribution >= 0.6 is 15.9 Å². The Morgan fingerprint density at radius 3 is 2.48 bits per heavy atom. The maximum atomic E-state index is 6.08. The van der Waals surface area contributed by atoms with Gasteiger partial charge in [-0.1, -0.05) is 61.5 Å². The van der Waals surface area contributed by atoms with E-state index in [1.54, 1.807) is 0 Å². The highest BCUT2D eigenvalue weighted by atomic mass is 79.9. The molecule has 0 radical (unpaired) electrons. The molecule has 0 saturated carbocycles. The van der Waals surface area contributed by atoms with Crippen LogP contribution in [0.15, 0.2) is 94.4 Å². The van der Waals surface area contributed by atoms with Crippen molar-refractivity contribution in [1.29, 1.82) is 0 Å². The number of fused-ring (bicyclic) bond motifs is 1. The second-order valence-electron chi connectivity index (χ2n) is 6.90. The molecule has 4 aromatic carbocycles. The van der Waals surface area contributed by atoms with Crippen LogP contribution in [0.4, 0.5) is 5.69 Å². The summed E-state index contributed by atoms with van der Waals surface area (Å²) in [6, 6.07) is 29.0. The van der Waals surface area contributed by atoms with E-state index in [0.717, 1.165) is 27.9 Å². The number of ether oxygens (including phenoxy) is 1. The fraction of sp³-hybridized carbons (Fsp3) is 0.115. The molecule has 0 heterocycles. The molecule has 0 N–H and O–H groups in total. The topological polar surface area (TPSA) is 21.6 Å². The summed E-state index contributed by atoms with van der Waals surface area (Å²) < 4.78 is 7.00. The molecule has 0 aromatic heterocycles. The van der Waals surface area contributed by atoms with Gasteiger partial charge in [-0.05, 0) is 80.1 Å². The summed E-state index contributed by atoms with van der Waals surface area (Å²) in [6.45, 7) is 2.68. The number of hydrogen-bond acceptors (Lipinski definition) is 2. The van der Waals surface area contributed by atoms with Crippen molar-refractivity contribution in [3.05, 3.63) is 106 Å². The van der Waals surface area contributed by atoms with Gasteiger partial charge in [0.1, 0.15) is 12.4 Å². The van der Waals surface area contributed by atoms with E-state index in [2.05, 4.69) is 82.4 Å². The quantitative estimate of drug-likeness (QED) is 0.282. The first-order valence-corrected chi connectivity index (χ1v) is 10.5. The molecule has 0 spiro atoms. The van der Waals surface area contributed by atoms with Crippen molar-refractivity contribution in [2.24, 2.45) is 4.99 Å². The van der Waals surface area contributed by atoms with Gasteiger partial charge >= 0.3 is 0 Å². The van der Waals surface area contributed by atoms with E-state index in [4.69, 9.17) is 4.74 Å². The summed E-state index contributed by atoms with van der Waals surface area (Å²) >= 11 is 3.63. The summed E-state index contributed by atoms with van der Waals surface area (Å²) in [5, 5.41) is 2.45. The molecular weight excluding hydrogens is 422 g/mol. The van der Waals surface area contributed by atoms with Crippen molar-refractivity contribution in [2.75, 3.05) is 0 Å². The molecule has 0 amide bonds. The molecule has 29 heavy (non-hydrogen) atoms. The molecule has 3 heteroatoms. The lowest BCUT2D eigenvalue weighted by molar-refractivity contribution is 0.305. The standard InChI is InChI=1S/C26H22BrNO/c1-2-19-10-13-23(14-11-19)28-17-20-12-15-26(25(27)16-20)29-18-22-8-5-7-21-6-3-4-9-24(21)22/h3-17H,2,18H2,1H3. The first-order valence-electron chi connectivity index (χ1n) is 9.75. The Kier molecular flexibility index (Phi) is 6.06. The third-order valence-corrected chi connectivity index (χ3v) is 5.55. The molecule has 4 rings (SSSR count). The first-order chi connectivity index (χ1) is 14.2. The van der Waals surface area contributed by atoms with Gasteiger partial charge in [0.25, 0.3) is 0 Å². The summed E-state index contributed by atoms with van der Waals surface area (Å²) in [5.74, 6) is 0.822. The monoisotopic (exact) mass is 443 g/mol. The van der Waals surface area contributed by atoms with E-state index in [0.29, 0.717) is 6.61 Å². The molecule has 4 aromatic rings. The van der Waals surface area contributed by atoms with Crippen LogP contribution in [0.3, 0.4) is 0 Å². The Morgan fingerprint density at radius 2 is 1.69 bits per heavy atom. The van der Waals surface area contributed by atoms with Gasteiger partial charge in [0.15, 0.2) is 0 Å². The normalized spacial score (nSPS) is 11.2. The zero-order valence-corrected chi connectivity index (χ0v) is 17.9. The van der Waals surface area contributed by atoms with Gasteiger partial charge < -0.3 is 4.74 Å². The minimum absolute atomic E-state index is 0.525. The summed E-state index contributed by atoms with van der Waals surface area (Å²) in [5.41, 5.74) is 4.47. The second kappa shape index (κ2) is 9.06. The number of benzene rings is 4. The van der Waals surface area contributed by atoms with E-state index in [1.165, 1.54) is 21.9 Å². The van der Waals surface area contributed by atoms with Crippen LogP contribution in [-0.4, -0.2) is 6.21 Å². The van der Waals surface area contributed by atoms with Gasteiger partial charge in [-0.25, -0.2) is 0 Å². The lowest BCUT2D eigenvalue weighted by atomic mass is 10.1. The predicted octanol–water partition coefficient (Wildman–Crippen LogP) is 7.49. The van der Waals surface area contributed by atoms with Crippen LogP contribution < -0.4 is 4.74 Å². The molecule has 0 aliphatic rings. The number of nitrogens with zero attached hydrogens (tertiary/aromatic N) is 1. The van der Waals surface area contributed by atoms with Gasteiger partial charge in [0, 0.05) is 6.21 Å². The molecule has 0 fully saturated rings. The minimum atomic E-state index is 0.525. The highest BCUT2D eigenvalue weighted by Gasteiger charge is 2.05. The maximum absolute atomic E-state index is 6.08. The molecule has 0 aliphatic carbocycles. The lowest BCUT2D eigenvalue weighted by Crippen LogP contribution is -1.97. The molecule has 0 atom stereocenters. The van der Waals surface area contributed by atoms with Crippen molar-refractivity contribution in [3.63, 3.8) is 0 Å². The number of aliphatic imine (C=N–C) groups is 1. The highest BCUT2D eigenvalue weighted by Crippen LogP contribution is 2.28. The molecule has 144 valence electrons. The Morgan fingerprint density at radius 1 is 0.897 bits per heavy atom. The van der Waals surface area contributed by atoms with Crippen molar-refractivity contribution >= 4 is 38.6 Å². The van der Waals surface area contributed by atoms with Crippen molar-refractivity contribution < 1.29 is 4.74 Å². The zero-order chi connectivity index (χ0) is 20.1. The van der Waals surface area contributed by atoms with Crippen LogP contribution in [0.2, 0.25) is 0 Å². The average Bonchev–Trinajstić information content (AvgIpc) is 2.77. The summed E-state index contributed by atoms with van der Waals surface area (Å²) in [7, 11) is 0. The predicted molar refractivity (Wildman–Crippen MR) is 125 cm³/mol. The maximum Gasteiger partial charge on any atom is 0.134 e. The SMILES string of the molecule is CCc1ccc(N=Cc2ccc(OCc3cccc4ccccc34)c(Br)c2)cc1. The summed E-state index contributed by atoms with van der Waals surface area (Å²) in [6.07, 6.45) is 2.91. The van der Waals surface area contributed by atoms with Crippen LogP contribution in [-0.2, 0) is 13.0 Å². The third-order valence-electron chi connectivity index (χ3n) is 4.93. The van der Waals surface area contributed by atoms with Crippen molar-refractivity contribution in [2.45, 2.75) is 20.0 Å². The van der Waals surface area contributed by atoms with Crippen LogP contribution in [0, 0.1) is 0 Å². The highest BCUT2D eigenvalue weighted by molar-refractivity contribution is 9.10. The smallest absolute Gasteiger partial charge is 0.134 e. The van der Waals surface area contributed by atoms with Gasteiger partial charge in [0.05, 0.1) is 10.2 Å². The van der Waals surface area contributed by atoms with Gasteiger partial charge in [-0.3, -0.25) is 4.99 Å². The molecule has 0 unspecified atom stereocenters. The molecule has 0 saturated heterocycles. The van der Waals surface area contributed by atoms with E-state index in [1.807, 2.05) is 36.5 Å². The Balaban J connectivity index is 1.46. The largest absolute Gasteiger partial charge is 0.488 e. The third kappa shape index (κ3) is 4.75. The van der Waals surface area contributed by atoms with Crippen LogP contribution in [0.25, 0.3) is 10.8 Å². The van der Waals surface area contributed by atoms with Gasteiger partial charge in [-0.2, -0.15) is 0 Å². The van der Waals surface area contributed by atoms with Gasteiger partial charge in [-0.15, -0.1) is 0 Å².